The number of pyridine rings is 2. The molecule has 206 valence electrons. The largest absolute Gasteiger partial charge is 0.483 e. The SMILES string of the molecule is COc1ncc(-c2ccc3ncc(OC4CCNCC4)c(=O)n3c2)cc1NS(=O)(=O)c1ccc(F)cc1F.Cl. The molecule has 1 aliphatic heterocycles. The van der Waals surface area contributed by atoms with Crippen molar-refractivity contribution in [2.45, 2.75) is 23.8 Å². The molecule has 0 radical (unpaired) electrons. The fourth-order valence-electron chi connectivity index (χ4n) is 4.14. The van der Waals surface area contributed by atoms with E-state index < -0.39 is 26.6 Å². The lowest BCUT2D eigenvalue weighted by molar-refractivity contribution is 0.159. The molecular formula is C25H24ClF2N5O5S. The molecule has 0 spiro atoms. The zero-order chi connectivity index (χ0) is 26.9. The second-order valence-electron chi connectivity index (χ2n) is 8.60. The van der Waals surface area contributed by atoms with Crippen molar-refractivity contribution < 1.29 is 26.7 Å². The van der Waals surface area contributed by atoms with E-state index in [9.17, 15) is 22.0 Å². The molecule has 2 N–H and O–H groups in total. The Balaban J connectivity index is 0.00000353. The molecule has 4 aromatic rings. The minimum absolute atomic E-state index is 0. The van der Waals surface area contributed by atoms with Crippen molar-refractivity contribution >= 4 is 33.8 Å². The lowest BCUT2D eigenvalue weighted by Crippen LogP contribution is -2.35. The zero-order valence-corrected chi connectivity index (χ0v) is 22.2. The van der Waals surface area contributed by atoms with Crippen molar-refractivity contribution in [2.24, 2.45) is 0 Å². The van der Waals surface area contributed by atoms with Crippen LogP contribution in [0.3, 0.4) is 0 Å². The van der Waals surface area contributed by atoms with Crippen LogP contribution < -0.4 is 25.1 Å². The fourth-order valence-corrected chi connectivity index (χ4v) is 5.25. The highest BCUT2D eigenvalue weighted by molar-refractivity contribution is 7.92. The van der Waals surface area contributed by atoms with Gasteiger partial charge in [-0.3, -0.25) is 13.9 Å². The monoisotopic (exact) mass is 579 g/mol. The van der Waals surface area contributed by atoms with Crippen LogP contribution in [-0.2, 0) is 10.0 Å². The van der Waals surface area contributed by atoms with Crippen molar-refractivity contribution in [3.63, 3.8) is 0 Å². The van der Waals surface area contributed by atoms with Crippen LogP contribution in [0, 0.1) is 11.6 Å². The Morgan fingerprint density at radius 3 is 2.54 bits per heavy atom. The van der Waals surface area contributed by atoms with Crippen LogP contribution in [0.1, 0.15) is 12.8 Å². The van der Waals surface area contributed by atoms with E-state index in [-0.39, 0.29) is 41.4 Å². The van der Waals surface area contributed by atoms with Crippen LogP contribution >= 0.6 is 12.4 Å². The number of halogens is 3. The molecule has 1 aromatic carbocycles. The summed E-state index contributed by atoms with van der Waals surface area (Å²) in [6.07, 6.45) is 5.86. The molecule has 39 heavy (non-hydrogen) atoms. The molecule has 0 atom stereocenters. The Hall–Kier alpha value is -3.81. The van der Waals surface area contributed by atoms with Crippen LogP contribution in [0.25, 0.3) is 16.8 Å². The van der Waals surface area contributed by atoms with E-state index in [4.69, 9.17) is 9.47 Å². The zero-order valence-electron chi connectivity index (χ0n) is 20.6. The maximum atomic E-state index is 14.2. The van der Waals surface area contributed by atoms with Crippen LogP contribution in [0.15, 0.2) is 64.7 Å². The minimum Gasteiger partial charge on any atom is -0.483 e. The smallest absolute Gasteiger partial charge is 0.300 e. The van der Waals surface area contributed by atoms with Gasteiger partial charge in [-0.1, -0.05) is 0 Å². The van der Waals surface area contributed by atoms with Gasteiger partial charge in [0.1, 0.15) is 34.0 Å². The summed E-state index contributed by atoms with van der Waals surface area (Å²) < 4.78 is 67.8. The van der Waals surface area contributed by atoms with Crippen molar-refractivity contribution in [3.8, 4) is 22.8 Å². The van der Waals surface area contributed by atoms with Crippen LogP contribution in [0.2, 0.25) is 0 Å². The Morgan fingerprint density at radius 2 is 1.82 bits per heavy atom. The van der Waals surface area contributed by atoms with Crippen LogP contribution in [-0.4, -0.2) is 49.1 Å². The number of anilines is 1. The van der Waals surface area contributed by atoms with Gasteiger partial charge in [-0.15, -0.1) is 12.4 Å². The van der Waals surface area contributed by atoms with Gasteiger partial charge >= 0.3 is 0 Å². The van der Waals surface area contributed by atoms with Gasteiger partial charge in [0.15, 0.2) is 0 Å². The molecule has 3 aromatic heterocycles. The number of hydrogen-bond acceptors (Lipinski definition) is 8. The number of nitrogens with one attached hydrogen (secondary N) is 2. The summed E-state index contributed by atoms with van der Waals surface area (Å²) in [6, 6.07) is 6.89. The average molecular weight is 580 g/mol. The summed E-state index contributed by atoms with van der Waals surface area (Å²) in [5.74, 6) is -2.09. The Labute approximate surface area is 228 Å². The van der Waals surface area contributed by atoms with Gasteiger partial charge in [0.25, 0.3) is 15.6 Å². The van der Waals surface area contributed by atoms with Gasteiger partial charge in [0, 0.05) is 29.6 Å². The first kappa shape index (κ1) is 28.2. The third kappa shape index (κ3) is 5.95. The van der Waals surface area contributed by atoms with E-state index in [0.717, 1.165) is 38.1 Å². The molecule has 0 amide bonds. The number of hydrogen-bond donors (Lipinski definition) is 2. The summed E-state index contributed by atoms with van der Waals surface area (Å²) in [7, 11) is -3.16. The molecule has 10 nitrogen and oxygen atoms in total. The molecule has 1 aliphatic rings. The standard InChI is InChI=1S/C25H23F2N5O5S.ClH/c1-36-24-20(31-38(34,35)22-4-3-17(26)11-19(22)27)10-16(12-30-24)15-2-5-23-29-13-21(25(33)32(23)14-15)37-18-6-8-28-9-7-18;/h2-5,10-14,18,28,31H,6-9H2,1H3;1H. The lowest BCUT2D eigenvalue weighted by Gasteiger charge is -2.23. The molecule has 0 bridgehead atoms. The van der Waals surface area contributed by atoms with Crippen molar-refractivity contribution in [1.29, 1.82) is 0 Å². The average Bonchev–Trinajstić information content (AvgIpc) is 2.90. The maximum absolute atomic E-state index is 14.2. The molecule has 14 heteroatoms. The van der Waals surface area contributed by atoms with E-state index >= 15 is 0 Å². The summed E-state index contributed by atoms with van der Waals surface area (Å²) in [6.45, 7) is 1.61. The molecule has 0 aliphatic carbocycles. The molecule has 0 saturated carbocycles. The summed E-state index contributed by atoms with van der Waals surface area (Å²) in [5.41, 5.74) is 0.878. The van der Waals surface area contributed by atoms with Gasteiger partial charge in [-0.05, 0) is 56.3 Å². The second kappa shape index (κ2) is 11.5. The first-order chi connectivity index (χ1) is 18.2. The Bertz CT molecular complexity index is 1680. The van der Waals surface area contributed by atoms with Crippen LogP contribution in [0.5, 0.6) is 11.6 Å². The number of ether oxygens (including phenoxy) is 2. The molecule has 1 fully saturated rings. The lowest BCUT2D eigenvalue weighted by atomic mass is 10.1. The van der Waals surface area contributed by atoms with Gasteiger partial charge < -0.3 is 14.8 Å². The predicted molar refractivity (Wildman–Crippen MR) is 142 cm³/mol. The highest BCUT2D eigenvalue weighted by atomic mass is 35.5. The number of methoxy groups -OCH3 is 1. The minimum atomic E-state index is -4.45. The fraction of sp³-hybridized carbons (Fsp3) is 0.240. The molecular weight excluding hydrogens is 556 g/mol. The van der Waals surface area contributed by atoms with Gasteiger partial charge in [0.05, 0.1) is 13.3 Å². The van der Waals surface area contributed by atoms with Crippen molar-refractivity contribution in [2.75, 3.05) is 24.9 Å². The molecule has 5 rings (SSSR count). The first-order valence-corrected chi connectivity index (χ1v) is 13.1. The third-order valence-electron chi connectivity index (χ3n) is 6.06. The number of benzene rings is 1. The quantitative estimate of drug-likeness (QED) is 0.341. The number of piperidine rings is 1. The topological polar surface area (TPSA) is 124 Å². The second-order valence-corrected chi connectivity index (χ2v) is 10.3. The number of nitrogens with zero attached hydrogens (tertiary/aromatic N) is 3. The highest BCUT2D eigenvalue weighted by Gasteiger charge is 2.23. The molecule has 1 saturated heterocycles. The van der Waals surface area contributed by atoms with Gasteiger partial charge in [0.2, 0.25) is 11.6 Å². The summed E-state index contributed by atoms with van der Waals surface area (Å²) >= 11 is 0. The number of sulfonamides is 1. The van der Waals surface area contributed by atoms with Gasteiger partial charge in [-0.25, -0.2) is 27.2 Å². The third-order valence-corrected chi connectivity index (χ3v) is 7.45. The number of rotatable bonds is 7. The van der Waals surface area contributed by atoms with E-state index in [0.29, 0.717) is 22.8 Å². The van der Waals surface area contributed by atoms with Crippen LogP contribution in [0.4, 0.5) is 14.5 Å². The normalized spacial score (nSPS) is 14.0. The summed E-state index contributed by atoms with van der Waals surface area (Å²) in [5, 5.41) is 3.24. The predicted octanol–water partition coefficient (Wildman–Crippen LogP) is 3.40. The number of fused-ring (bicyclic) bond motifs is 1. The first-order valence-electron chi connectivity index (χ1n) is 11.7. The van der Waals surface area contributed by atoms with E-state index in [1.54, 1.807) is 18.3 Å². The molecule has 4 heterocycles. The molecule has 0 unspecified atom stereocenters. The summed E-state index contributed by atoms with van der Waals surface area (Å²) in [4.78, 5) is 20.9. The Morgan fingerprint density at radius 1 is 1.05 bits per heavy atom. The van der Waals surface area contributed by atoms with E-state index in [1.165, 1.54) is 30.0 Å². The van der Waals surface area contributed by atoms with E-state index in [1.807, 2.05) is 0 Å². The van der Waals surface area contributed by atoms with Crippen molar-refractivity contribution in [3.05, 3.63) is 77.0 Å². The van der Waals surface area contributed by atoms with Crippen molar-refractivity contribution in [1.82, 2.24) is 19.7 Å². The van der Waals surface area contributed by atoms with E-state index in [2.05, 4.69) is 20.0 Å². The van der Waals surface area contributed by atoms with Gasteiger partial charge in [-0.2, -0.15) is 0 Å². The highest BCUT2D eigenvalue weighted by Crippen LogP contribution is 2.31. The maximum Gasteiger partial charge on any atom is 0.300 e. The Kier molecular flexibility index (Phi) is 8.33. The number of aromatic nitrogens is 3.